The molecule has 8 nitrogen and oxygen atoms in total. The van der Waals surface area contributed by atoms with Gasteiger partial charge in [-0.15, -0.1) is 0 Å². The fourth-order valence-corrected chi connectivity index (χ4v) is 4.72. The molecule has 2 aliphatic rings. The van der Waals surface area contributed by atoms with Gasteiger partial charge >= 0.3 is 0 Å². The standard InChI is InChI=1S/C33H28N4O4/c1-39-31-11-3-2-7-23(31)19-37(20-24-8-4-5-16-34-24)21-25-9-6-10-26(35-25)22-40-28-13-15-30-33(18-28)41-32-17-27(38)12-14-29(32)36-30/h2-18H,19-22H2,1H3. The van der Waals surface area contributed by atoms with E-state index in [1.54, 1.807) is 19.2 Å². The molecule has 41 heavy (non-hydrogen) atoms. The topological polar surface area (TPSA) is 90.6 Å². The smallest absolute Gasteiger partial charge is 0.182 e. The minimum Gasteiger partial charge on any atom is -0.496 e. The van der Waals surface area contributed by atoms with Crippen molar-refractivity contribution >= 4 is 11.1 Å². The van der Waals surface area contributed by atoms with Gasteiger partial charge in [0.1, 0.15) is 29.3 Å². The Bertz CT molecular complexity index is 1810. The van der Waals surface area contributed by atoms with Crippen LogP contribution in [-0.2, 0) is 26.2 Å². The van der Waals surface area contributed by atoms with Crippen LogP contribution in [0.25, 0.3) is 22.6 Å². The zero-order valence-electron chi connectivity index (χ0n) is 22.6. The van der Waals surface area contributed by atoms with Gasteiger partial charge in [0.15, 0.2) is 16.8 Å². The van der Waals surface area contributed by atoms with E-state index in [2.05, 4.69) is 20.9 Å². The number of methoxy groups -OCH3 is 1. The van der Waals surface area contributed by atoms with Crippen molar-refractivity contribution < 1.29 is 13.9 Å². The number of rotatable bonds is 10. The minimum absolute atomic E-state index is 0.123. The molecule has 0 fully saturated rings. The van der Waals surface area contributed by atoms with E-state index in [9.17, 15) is 4.79 Å². The van der Waals surface area contributed by atoms with Gasteiger partial charge in [-0.2, -0.15) is 0 Å². The summed E-state index contributed by atoms with van der Waals surface area (Å²) < 4.78 is 17.6. The molecule has 3 heterocycles. The quantitative estimate of drug-likeness (QED) is 0.198. The van der Waals surface area contributed by atoms with E-state index in [1.165, 1.54) is 12.1 Å². The molecule has 0 spiro atoms. The maximum Gasteiger partial charge on any atom is 0.182 e. The van der Waals surface area contributed by atoms with Gasteiger partial charge in [-0.05, 0) is 54.6 Å². The molecule has 8 heteroatoms. The molecule has 0 unspecified atom stereocenters. The molecule has 1 aliphatic heterocycles. The van der Waals surface area contributed by atoms with E-state index >= 15 is 0 Å². The predicted molar refractivity (Wildman–Crippen MR) is 156 cm³/mol. The first kappa shape index (κ1) is 26.2. The third-order valence-electron chi connectivity index (χ3n) is 6.66. The summed E-state index contributed by atoms with van der Waals surface area (Å²) in [5.41, 5.74) is 5.56. The molecule has 0 atom stereocenters. The lowest BCUT2D eigenvalue weighted by molar-refractivity contribution is 0.237. The van der Waals surface area contributed by atoms with Crippen molar-refractivity contribution in [2.75, 3.05) is 7.11 Å². The normalized spacial score (nSPS) is 11.3. The Kier molecular flexibility index (Phi) is 7.64. The van der Waals surface area contributed by atoms with Crippen molar-refractivity contribution in [3.05, 3.63) is 136 Å². The second-order valence-electron chi connectivity index (χ2n) is 9.66. The second-order valence-corrected chi connectivity index (χ2v) is 9.66. The molecular formula is C33H28N4O4. The molecule has 2 aromatic heterocycles. The molecule has 2 aromatic carbocycles. The van der Waals surface area contributed by atoms with Crippen LogP contribution in [0.2, 0.25) is 0 Å². The summed E-state index contributed by atoms with van der Waals surface area (Å²) in [4.78, 5) is 28.0. The zero-order chi connectivity index (χ0) is 28.0. The van der Waals surface area contributed by atoms with Gasteiger partial charge in [0.25, 0.3) is 0 Å². The van der Waals surface area contributed by atoms with E-state index in [4.69, 9.17) is 18.9 Å². The molecule has 6 rings (SSSR count). The summed E-state index contributed by atoms with van der Waals surface area (Å²) in [5.74, 6) is 1.92. The van der Waals surface area contributed by atoms with E-state index in [-0.39, 0.29) is 12.0 Å². The van der Waals surface area contributed by atoms with Crippen LogP contribution in [0, 0.1) is 0 Å². The number of hydrogen-bond acceptors (Lipinski definition) is 8. The maximum absolute atomic E-state index is 11.7. The number of pyridine rings is 2. The third-order valence-corrected chi connectivity index (χ3v) is 6.66. The molecule has 0 saturated heterocycles. The number of nitrogens with zero attached hydrogens (tertiary/aromatic N) is 4. The van der Waals surface area contributed by atoms with Gasteiger partial charge in [0, 0.05) is 43.5 Å². The Morgan fingerprint density at radius 2 is 1.61 bits per heavy atom. The molecule has 4 aromatic rings. The second kappa shape index (κ2) is 12.0. The van der Waals surface area contributed by atoms with Crippen LogP contribution in [0.1, 0.15) is 22.6 Å². The molecule has 1 aliphatic carbocycles. The molecule has 0 N–H and O–H groups in total. The van der Waals surface area contributed by atoms with Crippen molar-refractivity contribution in [2.45, 2.75) is 26.2 Å². The molecule has 0 bridgehead atoms. The fourth-order valence-electron chi connectivity index (χ4n) is 4.72. The van der Waals surface area contributed by atoms with Gasteiger partial charge in [0.2, 0.25) is 0 Å². The maximum atomic E-state index is 11.7. The Labute approximate surface area is 237 Å². The van der Waals surface area contributed by atoms with Crippen LogP contribution < -0.4 is 14.9 Å². The molecule has 0 amide bonds. The number of benzene rings is 3. The van der Waals surface area contributed by atoms with Crippen LogP contribution in [0.4, 0.5) is 0 Å². The van der Waals surface area contributed by atoms with Crippen LogP contribution in [0.3, 0.4) is 0 Å². The number of hydrogen-bond donors (Lipinski definition) is 0. The highest BCUT2D eigenvalue weighted by Gasteiger charge is 2.14. The van der Waals surface area contributed by atoms with Gasteiger partial charge in [-0.1, -0.05) is 30.3 Å². The molecular weight excluding hydrogens is 516 g/mol. The molecule has 0 saturated carbocycles. The van der Waals surface area contributed by atoms with E-state index < -0.39 is 0 Å². The number of fused-ring (bicyclic) bond motifs is 2. The molecule has 204 valence electrons. The van der Waals surface area contributed by atoms with Gasteiger partial charge in [0.05, 0.1) is 24.2 Å². The number of aromatic nitrogens is 3. The largest absolute Gasteiger partial charge is 0.496 e. The fraction of sp³-hybridized carbons (Fsp3) is 0.152. The van der Waals surface area contributed by atoms with Crippen LogP contribution in [0.5, 0.6) is 11.5 Å². The predicted octanol–water partition coefficient (Wildman–Crippen LogP) is 5.87. The van der Waals surface area contributed by atoms with Crippen molar-refractivity contribution in [1.82, 2.24) is 19.9 Å². The van der Waals surface area contributed by atoms with Crippen LogP contribution in [0.15, 0.2) is 112 Å². The first-order chi connectivity index (χ1) is 20.1. The first-order valence-electron chi connectivity index (χ1n) is 13.3. The number of ether oxygens (including phenoxy) is 2. The third kappa shape index (κ3) is 6.40. The summed E-state index contributed by atoms with van der Waals surface area (Å²) in [7, 11) is 1.69. The summed E-state index contributed by atoms with van der Waals surface area (Å²) >= 11 is 0. The lowest BCUT2D eigenvalue weighted by Crippen LogP contribution is -2.24. The first-order valence-corrected chi connectivity index (χ1v) is 13.3. The molecule has 0 radical (unpaired) electrons. The summed E-state index contributed by atoms with van der Waals surface area (Å²) in [6.07, 6.45) is 1.81. The lowest BCUT2D eigenvalue weighted by atomic mass is 10.1. The summed E-state index contributed by atoms with van der Waals surface area (Å²) in [6.45, 7) is 2.26. The van der Waals surface area contributed by atoms with E-state index in [1.807, 2.05) is 72.9 Å². The highest BCUT2D eigenvalue weighted by Crippen LogP contribution is 2.27. The average Bonchev–Trinajstić information content (AvgIpc) is 3.00. The average molecular weight is 545 g/mol. The Morgan fingerprint density at radius 1 is 0.780 bits per heavy atom. The van der Waals surface area contributed by atoms with Crippen molar-refractivity contribution in [3.63, 3.8) is 0 Å². The highest BCUT2D eigenvalue weighted by molar-refractivity contribution is 5.77. The Balaban J connectivity index is 1.18. The Hall–Kier alpha value is -5.08. The van der Waals surface area contributed by atoms with Crippen molar-refractivity contribution in [3.8, 4) is 23.0 Å². The highest BCUT2D eigenvalue weighted by atomic mass is 16.5. The van der Waals surface area contributed by atoms with Gasteiger partial charge in [-0.25, -0.2) is 4.98 Å². The monoisotopic (exact) mass is 544 g/mol. The van der Waals surface area contributed by atoms with Crippen molar-refractivity contribution in [1.29, 1.82) is 0 Å². The van der Waals surface area contributed by atoms with Crippen molar-refractivity contribution in [2.24, 2.45) is 0 Å². The summed E-state index contributed by atoms with van der Waals surface area (Å²) in [5, 5.41) is 0. The van der Waals surface area contributed by atoms with Crippen LogP contribution in [-0.4, -0.2) is 27.0 Å². The lowest BCUT2D eigenvalue weighted by Gasteiger charge is -2.23. The number of para-hydroxylation sites is 1. The SMILES string of the molecule is COc1ccccc1CN(Cc1ccccn1)Cc1cccc(COc2ccc3nc4ccc(=O)cc-4oc3c2)n1. The van der Waals surface area contributed by atoms with Crippen LogP contribution >= 0.6 is 0 Å². The zero-order valence-corrected chi connectivity index (χ0v) is 22.6. The van der Waals surface area contributed by atoms with Gasteiger partial charge in [-0.3, -0.25) is 19.7 Å². The van der Waals surface area contributed by atoms with E-state index in [0.29, 0.717) is 47.9 Å². The summed E-state index contributed by atoms with van der Waals surface area (Å²) in [6, 6.07) is 30.0. The van der Waals surface area contributed by atoms with Gasteiger partial charge < -0.3 is 13.9 Å². The minimum atomic E-state index is -0.123. The Morgan fingerprint density at radius 3 is 2.49 bits per heavy atom. The van der Waals surface area contributed by atoms with E-state index in [0.717, 1.165) is 28.4 Å².